The van der Waals surface area contributed by atoms with Gasteiger partial charge >= 0.3 is 0 Å². The maximum absolute atomic E-state index is 11.9. The quantitative estimate of drug-likeness (QED) is 0.724. The zero-order chi connectivity index (χ0) is 17.9. The highest BCUT2D eigenvalue weighted by Crippen LogP contribution is 2.31. The van der Waals surface area contributed by atoms with Crippen molar-refractivity contribution >= 4 is 16.6 Å². The summed E-state index contributed by atoms with van der Waals surface area (Å²) in [5.74, 6) is 1.34. The van der Waals surface area contributed by atoms with Crippen LogP contribution in [0.3, 0.4) is 0 Å². The van der Waals surface area contributed by atoms with Gasteiger partial charge in [0.25, 0.3) is 5.56 Å². The van der Waals surface area contributed by atoms with Crippen molar-refractivity contribution in [2.75, 3.05) is 25.1 Å². The molecule has 134 valence electrons. The molecule has 1 saturated heterocycles. The van der Waals surface area contributed by atoms with Gasteiger partial charge in [0.05, 0.1) is 19.0 Å². The number of hydrogen-bond donors (Lipinski definition) is 0. The summed E-state index contributed by atoms with van der Waals surface area (Å²) in [4.78, 5) is 22.8. The minimum absolute atomic E-state index is 0.0228. The van der Waals surface area contributed by atoms with E-state index in [1.807, 2.05) is 18.3 Å². The largest absolute Gasteiger partial charge is 0.497 e. The number of anilines is 1. The van der Waals surface area contributed by atoms with Gasteiger partial charge in [-0.15, -0.1) is 0 Å². The predicted molar refractivity (Wildman–Crippen MR) is 102 cm³/mol. The summed E-state index contributed by atoms with van der Waals surface area (Å²) in [6.07, 6.45) is 7.15. The van der Waals surface area contributed by atoms with Gasteiger partial charge in [0.15, 0.2) is 0 Å². The van der Waals surface area contributed by atoms with Gasteiger partial charge < -0.3 is 9.64 Å². The highest BCUT2D eigenvalue weighted by atomic mass is 16.5. The van der Waals surface area contributed by atoms with E-state index in [-0.39, 0.29) is 5.56 Å². The fourth-order valence-corrected chi connectivity index (χ4v) is 3.66. The van der Waals surface area contributed by atoms with E-state index in [4.69, 9.17) is 4.74 Å². The lowest BCUT2D eigenvalue weighted by Gasteiger charge is -2.34. The molecule has 3 aromatic rings. The SMILES string of the molecule is COc1ccc2nccc(N3CCC(Cn4cnccc4=O)CC3)c2c1. The minimum atomic E-state index is 0.0228. The molecule has 3 heterocycles. The number of hydrogen-bond acceptors (Lipinski definition) is 5. The molecule has 4 rings (SSSR count). The molecule has 0 saturated carbocycles. The van der Waals surface area contributed by atoms with E-state index in [9.17, 15) is 4.79 Å². The van der Waals surface area contributed by atoms with Crippen LogP contribution in [0.15, 0.2) is 53.8 Å². The Hall–Kier alpha value is -2.89. The summed E-state index contributed by atoms with van der Waals surface area (Å²) in [5.41, 5.74) is 2.20. The molecule has 0 amide bonds. The van der Waals surface area contributed by atoms with Crippen molar-refractivity contribution in [1.29, 1.82) is 0 Å². The number of rotatable bonds is 4. The van der Waals surface area contributed by atoms with E-state index < -0.39 is 0 Å². The molecule has 1 aromatic carbocycles. The van der Waals surface area contributed by atoms with Crippen LogP contribution in [0.4, 0.5) is 5.69 Å². The highest BCUT2D eigenvalue weighted by Gasteiger charge is 2.21. The molecular weight excluding hydrogens is 328 g/mol. The van der Waals surface area contributed by atoms with Crippen LogP contribution in [0.1, 0.15) is 12.8 Å². The van der Waals surface area contributed by atoms with Crippen molar-refractivity contribution in [1.82, 2.24) is 14.5 Å². The van der Waals surface area contributed by atoms with Crippen molar-refractivity contribution in [3.63, 3.8) is 0 Å². The van der Waals surface area contributed by atoms with Crippen LogP contribution >= 0.6 is 0 Å². The van der Waals surface area contributed by atoms with Crippen LogP contribution in [0, 0.1) is 5.92 Å². The number of aromatic nitrogens is 3. The van der Waals surface area contributed by atoms with Gasteiger partial charge in [0, 0.05) is 49.2 Å². The third-order valence-corrected chi connectivity index (χ3v) is 5.13. The van der Waals surface area contributed by atoms with Crippen molar-refractivity contribution in [3.05, 3.63) is 59.4 Å². The fourth-order valence-electron chi connectivity index (χ4n) is 3.66. The van der Waals surface area contributed by atoms with Crippen molar-refractivity contribution in [2.24, 2.45) is 5.92 Å². The second-order valence-electron chi connectivity index (χ2n) is 6.71. The van der Waals surface area contributed by atoms with Gasteiger partial charge in [0.2, 0.25) is 0 Å². The van der Waals surface area contributed by atoms with Crippen LogP contribution in [-0.2, 0) is 6.54 Å². The molecule has 1 fully saturated rings. The number of ether oxygens (including phenoxy) is 1. The van der Waals surface area contributed by atoms with Crippen molar-refractivity contribution in [2.45, 2.75) is 19.4 Å². The summed E-state index contributed by atoms with van der Waals surface area (Å²) >= 11 is 0. The molecule has 0 unspecified atom stereocenters. The van der Waals surface area contributed by atoms with Crippen molar-refractivity contribution in [3.8, 4) is 5.75 Å². The van der Waals surface area contributed by atoms with Gasteiger partial charge in [0.1, 0.15) is 5.75 Å². The molecule has 0 atom stereocenters. The Morgan fingerprint density at radius 1 is 1.15 bits per heavy atom. The lowest BCUT2D eigenvalue weighted by molar-refractivity contribution is 0.351. The number of nitrogens with zero attached hydrogens (tertiary/aromatic N) is 4. The lowest BCUT2D eigenvalue weighted by atomic mass is 9.96. The zero-order valence-electron chi connectivity index (χ0n) is 14.8. The molecule has 0 bridgehead atoms. The summed E-state index contributed by atoms with van der Waals surface area (Å²) in [6.45, 7) is 2.68. The van der Waals surface area contributed by atoms with Gasteiger partial charge in [-0.05, 0) is 43.0 Å². The van der Waals surface area contributed by atoms with Gasteiger partial charge in [-0.2, -0.15) is 0 Å². The second-order valence-corrected chi connectivity index (χ2v) is 6.71. The maximum Gasteiger partial charge on any atom is 0.253 e. The molecule has 0 aliphatic carbocycles. The van der Waals surface area contributed by atoms with E-state index in [0.717, 1.165) is 49.1 Å². The second kappa shape index (κ2) is 7.15. The Morgan fingerprint density at radius 3 is 2.77 bits per heavy atom. The Morgan fingerprint density at radius 2 is 2.00 bits per heavy atom. The Kier molecular flexibility index (Phi) is 4.56. The smallest absolute Gasteiger partial charge is 0.253 e. The topological polar surface area (TPSA) is 60.2 Å². The van der Waals surface area contributed by atoms with Gasteiger partial charge in [-0.25, -0.2) is 4.98 Å². The van der Waals surface area contributed by atoms with Crippen molar-refractivity contribution < 1.29 is 4.74 Å². The third-order valence-electron chi connectivity index (χ3n) is 5.13. The predicted octanol–water partition coefficient (Wildman–Crippen LogP) is 2.72. The van der Waals surface area contributed by atoms with Gasteiger partial charge in [-0.1, -0.05) is 0 Å². The van der Waals surface area contributed by atoms with E-state index in [0.29, 0.717) is 5.92 Å². The Balaban J connectivity index is 1.50. The molecule has 6 nitrogen and oxygen atoms in total. The highest BCUT2D eigenvalue weighted by molar-refractivity contribution is 5.92. The average molecular weight is 350 g/mol. The average Bonchev–Trinajstić information content (AvgIpc) is 2.69. The van der Waals surface area contributed by atoms with E-state index in [1.54, 1.807) is 24.2 Å². The molecule has 1 aliphatic rings. The number of benzene rings is 1. The molecule has 0 N–H and O–H groups in total. The third kappa shape index (κ3) is 3.27. The lowest BCUT2D eigenvalue weighted by Crippen LogP contribution is -2.36. The standard InChI is InChI=1S/C20H22N4O2/c1-26-16-2-3-18-17(12-16)19(4-9-22-18)23-10-6-15(7-11-23)13-24-14-21-8-5-20(24)25/h2-5,8-9,12,14-15H,6-7,10-11,13H2,1H3. The van der Waals surface area contributed by atoms with Crippen LogP contribution in [0.2, 0.25) is 0 Å². The monoisotopic (exact) mass is 350 g/mol. The molecule has 0 radical (unpaired) electrons. The number of piperidine rings is 1. The first-order chi connectivity index (χ1) is 12.7. The maximum atomic E-state index is 11.9. The molecule has 26 heavy (non-hydrogen) atoms. The van der Waals surface area contributed by atoms with Crippen LogP contribution in [0.25, 0.3) is 10.9 Å². The summed E-state index contributed by atoms with van der Waals surface area (Å²) in [5, 5.41) is 1.12. The molecule has 1 aliphatic heterocycles. The molecule has 6 heteroatoms. The first-order valence-electron chi connectivity index (χ1n) is 8.93. The number of methoxy groups -OCH3 is 1. The Labute approximate surface area is 152 Å². The van der Waals surface area contributed by atoms with Crippen LogP contribution in [0.5, 0.6) is 5.75 Å². The van der Waals surface area contributed by atoms with Crippen LogP contribution in [-0.4, -0.2) is 34.7 Å². The fraction of sp³-hybridized carbons (Fsp3) is 0.350. The zero-order valence-corrected chi connectivity index (χ0v) is 14.8. The molecular formula is C20H22N4O2. The number of pyridine rings is 1. The first kappa shape index (κ1) is 16.6. The molecule has 2 aromatic heterocycles. The van der Waals surface area contributed by atoms with Crippen LogP contribution < -0.4 is 15.2 Å². The molecule has 0 spiro atoms. The summed E-state index contributed by atoms with van der Waals surface area (Å²) in [6, 6.07) is 9.59. The number of fused-ring (bicyclic) bond motifs is 1. The summed E-state index contributed by atoms with van der Waals surface area (Å²) in [7, 11) is 1.68. The van der Waals surface area contributed by atoms with Gasteiger partial charge in [-0.3, -0.25) is 14.3 Å². The normalized spacial score (nSPS) is 15.3. The summed E-state index contributed by atoms with van der Waals surface area (Å²) < 4.78 is 7.09. The Bertz CT molecular complexity index is 961. The van der Waals surface area contributed by atoms with E-state index in [1.165, 1.54) is 11.8 Å². The first-order valence-corrected chi connectivity index (χ1v) is 8.93. The minimum Gasteiger partial charge on any atom is -0.497 e. The van der Waals surface area contributed by atoms with E-state index >= 15 is 0 Å². The van der Waals surface area contributed by atoms with E-state index in [2.05, 4.69) is 27.0 Å².